The maximum atomic E-state index is 11.6. The third-order valence-electron chi connectivity index (χ3n) is 2.86. The van der Waals surface area contributed by atoms with E-state index in [9.17, 15) is 9.59 Å². The lowest BCUT2D eigenvalue weighted by molar-refractivity contribution is -0.134. The van der Waals surface area contributed by atoms with Crippen LogP contribution in [0.3, 0.4) is 0 Å². The molecular weight excluding hydrogens is 240 g/mol. The summed E-state index contributed by atoms with van der Waals surface area (Å²) in [6, 6.07) is 7.64. The molecule has 1 aliphatic heterocycles. The van der Waals surface area contributed by atoms with E-state index in [0.717, 1.165) is 11.1 Å². The van der Waals surface area contributed by atoms with Crippen molar-refractivity contribution in [2.75, 3.05) is 0 Å². The summed E-state index contributed by atoms with van der Waals surface area (Å²) in [5.74, 6) is -0.582. The Bertz CT molecular complexity index is 417. The van der Waals surface area contributed by atoms with Crippen LogP contribution >= 0.6 is 12.4 Å². The van der Waals surface area contributed by atoms with Crippen LogP contribution in [0.4, 0.5) is 0 Å². The molecular formula is C12H15ClN2O2. The summed E-state index contributed by atoms with van der Waals surface area (Å²) in [7, 11) is 0. The first-order chi connectivity index (χ1) is 7.70. The number of nitrogens with two attached hydrogens (primary N) is 1. The van der Waals surface area contributed by atoms with Gasteiger partial charge in [-0.25, -0.2) is 0 Å². The van der Waals surface area contributed by atoms with Crippen molar-refractivity contribution in [3.05, 3.63) is 35.4 Å². The topological polar surface area (TPSA) is 72.2 Å². The molecule has 1 aromatic carbocycles. The number of amides is 2. The lowest BCUT2D eigenvalue weighted by Gasteiger charge is -2.21. The SMILES string of the molecule is Cl.NCc1ccc(C2CCC(=O)NC2=O)cc1. The summed E-state index contributed by atoms with van der Waals surface area (Å²) >= 11 is 0. The van der Waals surface area contributed by atoms with Crippen molar-refractivity contribution in [1.82, 2.24) is 5.32 Å². The number of piperidine rings is 1. The van der Waals surface area contributed by atoms with Gasteiger partial charge in [0.2, 0.25) is 11.8 Å². The zero-order valence-corrected chi connectivity index (χ0v) is 10.1. The Morgan fingerprint density at radius 3 is 2.41 bits per heavy atom. The van der Waals surface area contributed by atoms with Gasteiger partial charge in [0.1, 0.15) is 0 Å². The first-order valence-electron chi connectivity index (χ1n) is 5.33. The van der Waals surface area contributed by atoms with Crippen molar-refractivity contribution in [2.24, 2.45) is 5.73 Å². The van der Waals surface area contributed by atoms with Gasteiger partial charge in [0.15, 0.2) is 0 Å². The third-order valence-corrected chi connectivity index (χ3v) is 2.86. The fourth-order valence-electron chi connectivity index (χ4n) is 1.90. The average molecular weight is 255 g/mol. The van der Waals surface area contributed by atoms with E-state index in [1.165, 1.54) is 0 Å². The van der Waals surface area contributed by atoms with Crippen LogP contribution in [0, 0.1) is 0 Å². The molecule has 0 aromatic heterocycles. The number of carbonyl (C=O) groups is 2. The molecule has 1 unspecified atom stereocenters. The van der Waals surface area contributed by atoms with E-state index in [1.807, 2.05) is 24.3 Å². The van der Waals surface area contributed by atoms with Gasteiger partial charge in [0, 0.05) is 13.0 Å². The lowest BCUT2D eigenvalue weighted by atomic mass is 9.90. The zero-order chi connectivity index (χ0) is 11.5. The van der Waals surface area contributed by atoms with Gasteiger partial charge in [-0.05, 0) is 17.5 Å². The fraction of sp³-hybridized carbons (Fsp3) is 0.333. The number of halogens is 1. The fourth-order valence-corrected chi connectivity index (χ4v) is 1.90. The molecule has 92 valence electrons. The van der Waals surface area contributed by atoms with Crippen molar-refractivity contribution < 1.29 is 9.59 Å². The molecule has 0 aliphatic carbocycles. The van der Waals surface area contributed by atoms with Crippen molar-refractivity contribution in [3.63, 3.8) is 0 Å². The maximum Gasteiger partial charge on any atom is 0.234 e. The minimum absolute atomic E-state index is 0. The van der Waals surface area contributed by atoms with Gasteiger partial charge in [-0.1, -0.05) is 24.3 Å². The maximum absolute atomic E-state index is 11.6. The standard InChI is InChI=1S/C12H14N2O2.ClH/c13-7-8-1-3-9(4-2-8)10-5-6-11(15)14-12(10)16;/h1-4,10H,5-7,13H2,(H,14,15,16);1H. The van der Waals surface area contributed by atoms with E-state index in [0.29, 0.717) is 19.4 Å². The number of hydrogen-bond acceptors (Lipinski definition) is 3. The summed E-state index contributed by atoms with van der Waals surface area (Å²) in [5.41, 5.74) is 7.48. The van der Waals surface area contributed by atoms with Crippen LogP contribution in [0.15, 0.2) is 24.3 Å². The van der Waals surface area contributed by atoms with Gasteiger partial charge < -0.3 is 5.73 Å². The van der Waals surface area contributed by atoms with Gasteiger partial charge in [-0.3, -0.25) is 14.9 Å². The molecule has 2 amide bonds. The highest BCUT2D eigenvalue weighted by molar-refractivity contribution is 6.00. The molecule has 3 N–H and O–H groups in total. The predicted octanol–water partition coefficient (Wildman–Crippen LogP) is 1.09. The predicted molar refractivity (Wildman–Crippen MR) is 66.7 cm³/mol. The average Bonchev–Trinajstić information content (AvgIpc) is 2.29. The second-order valence-corrected chi connectivity index (χ2v) is 3.95. The number of rotatable bonds is 2. The third kappa shape index (κ3) is 3.05. The molecule has 1 aliphatic rings. The number of hydrogen-bond donors (Lipinski definition) is 2. The van der Waals surface area contributed by atoms with E-state index in [2.05, 4.69) is 5.32 Å². The minimum Gasteiger partial charge on any atom is -0.326 e. The highest BCUT2D eigenvalue weighted by atomic mass is 35.5. The van der Waals surface area contributed by atoms with Crippen LogP contribution in [-0.2, 0) is 16.1 Å². The smallest absolute Gasteiger partial charge is 0.234 e. The number of benzene rings is 1. The molecule has 1 aromatic rings. The largest absolute Gasteiger partial charge is 0.326 e. The zero-order valence-electron chi connectivity index (χ0n) is 9.31. The molecule has 1 fully saturated rings. The lowest BCUT2D eigenvalue weighted by Crippen LogP contribution is -2.39. The molecule has 5 heteroatoms. The summed E-state index contributed by atoms with van der Waals surface area (Å²) < 4.78 is 0. The second-order valence-electron chi connectivity index (χ2n) is 3.95. The summed E-state index contributed by atoms with van der Waals surface area (Å²) in [6.45, 7) is 0.496. The van der Waals surface area contributed by atoms with Gasteiger partial charge in [-0.15, -0.1) is 12.4 Å². The number of imide groups is 1. The molecule has 0 radical (unpaired) electrons. The Morgan fingerprint density at radius 1 is 1.24 bits per heavy atom. The van der Waals surface area contributed by atoms with E-state index in [-0.39, 0.29) is 30.1 Å². The normalized spacial score (nSPS) is 19.5. The second kappa shape index (κ2) is 5.80. The molecule has 2 rings (SSSR count). The summed E-state index contributed by atoms with van der Waals surface area (Å²) in [5, 5.41) is 2.35. The molecule has 0 saturated carbocycles. The van der Waals surface area contributed by atoms with Crippen LogP contribution < -0.4 is 11.1 Å². The first-order valence-corrected chi connectivity index (χ1v) is 5.33. The number of nitrogens with one attached hydrogen (secondary N) is 1. The molecule has 17 heavy (non-hydrogen) atoms. The highest BCUT2D eigenvalue weighted by Gasteiger charge is 2.27. The minimum atomic E-state index is -0.204. The van der Waals surface area contributed by atoms with E-state index in [1.54, 1.807) is 0 Å². The van der Waals surface area contributed by atoms with Gasteiger partial charge in [0.25, 0.3) is 0 Å². The van der Waals surface area contributed by atoms with Crippen LogP contribution in [0.1, 0.15) is 29.9 Å². The quantitative estimate of drug-likeness (QED) is 0.776. The Balaban J connectivity index is 0.00000144. The van der Waals surface area contributed by atoms with Crippen molar-refractivity contribution >= 4 is 24.2 Å². The summed E-state index contributed by atoms with van der Waals surface area (Å²) in [6.07, 6.45) is 1.00. The van der Waals surface area contributed by atoms with Crippen molar-refractivity contribution in [3.8, 4) is 0 Å². The van der Waals surface area contributed by atoms with E-state index >= 15 is 0 Å². The van der Waals surface area contributed by atoms with Crippen LogP contribution in [0.25, 0.3) is 0 Å². The molecule has 0 spiro atoms. The Morgan fingerprint density at radius 2 is 1.88 bits per heavy atom. The van der Waals surface area contributed by atoms with Crippen LogP contribution in [0.2, 0.25) is 0 Å². The molecule has 1 heterocycles. The monoisotopic (exact) mass is 254 g/mol. The van der Waals surface area contributed by atoms with Gasteiger partial charge in [0.05, 0.1) is 5.92 Å². The summed E-state index contributed by atoms with van der Waals surface area (Å²) in [4.78, 5) is 22.6. The molecule has 1 atom stereocenters. The molecule has 0 bridgehead atoms. The Kier molecular flexibility index (Phi) is 4.66. The van der Waals surface area contributed by atoms with E-state index in [4.69, 9.17) is 5.73 Å². The highest BCUT2D eigenvalue weighted by Crippen LogP contribution is 2.24. The van der Waals surface area contributed by atoms with Gasteiger partial charge >= 0.3 is 0 Å². The van der Waals surface area contributed by atoms with E-state index < -0.39 is 0 Å². The van der Waals surface area contributed by atoms with Crippen molar-refractivity contribution in [2.45, 2.75) is 25.3 Å². The molecule has 1 saturated heterocycles. The Hall–Kier alpha value is -1.39. The van der Waals surface area contributed by atoms with Crippen LogP contribution in [0.5, 0.6) is 0 Å². The Labute approximate surface area is 106 Å². The van der Waals surface area contributed by atoms with Gasteiger partial charge in [-0.2, -0.15) is 0 Å². The van der Waals surface area contributed by atoms with Crippen LogP contribution in [-0.4, -0.2) is 11.8 Å². The number of carbonyl (C=O) groups excluding carboxylic acids is 2. The first kappa shape index (κ1) is 13.7. The van der Waals surface area contributed by atoms with Crippen molar-refractivity contribution in [1.29, 1.82) is 0 Å². The molecule has 4 nitrogen and oxygen atoms in total.